The molecule has 1 aromatic carbocycles. The van der Waals surface area contributed by atoms with E-state index in [0.717, 1.165) is 0 Å². The first-order valence-corrected chi connectivity index (χ1v) is 8.25. The van der Waals surface area contributed by atoms with Gasteiger partial charge in [-0.1, -0.05) is 15.9 Å². The number of aliphatic hydroxyl groups excluding tert-OH is 1. The predicted molar refractivity (Wildman–Crippen MR) is 74.6 cm³/mol. The van der Waals surface area contributed by atoms with Crippen LogP contribution in [-0.2, 0) is 10.0 Å². The first kappa shape index (κ1) is 14.8. The van der Waals surface area contributed by atoms with Crippen LogP contribution in [-0.4, -0.2) is 44.1 Å². The first-order valence-electron chi connectivity index (χ1n) is 6.02. The summed E-state index contributed by atoms with van der Waals surface area (Å²) in [5, 5.41) is 8.97. The highest BCUT2D eigenvalue weighted by Crippen LogP contribution is 2.33. The van der Waals surface area contributed by atoms with Crippen molar-refractivity contribution in [1.82, 2.24) is 4.31 Å². The Kier molecular flexibility index (Phi) is 4.50. The number of sulfonamides is 1. The van der Waals surface area contributed by atoms with Crippen molar-refractivity contribution in [2.45, 2.75) is 11.8 Å². The van der Waals surface area contributed by atoms with Gasteiger partial charge in [0.15, 0.2) is 0 Å². The van der Waals surface area contributed by atoms with Crippen LogP contribution >= 0.6 is 15.9 Å². The monoisotopic (exact) mass is 349 g/mol. The van der Waals surface area contributed by atoms with Crippen LogP contribution in [0.5, 0.6) is 5.75 Å². The van der Waals surface area contributed by atoms with Crippen LogP contribution < -0.4 is 4.74 Å². The van der Waals surface area contributed by atoms with Crippen LogP contribution in [0, 0.1) is 5.92 Å². The third-order valence-corrected chi connectivity index (χ3v) is 5.35. The van der Waals surface area contributed by atoms with E-state index in [1.807, 2.05) is 6.92 Å². The molecule has 0 bridgehead atoms. The average molecular weight is 350 g/mol. The molecular weight excluding hydrogens is 334 g/mol. The second-order valence-corrected chi connectivity index (χ2v) is 7.22. The molecule has 0 radical (unpaired) electrons. The topological polar surface area (TPSA) is 66.8 Å². The highest BCUT2D eigenvalue weighted by Gasteiger charge is 2.37. The second-order valence-electron chi connectivity index (χ2n) is 4.39. The van der Waals surface area contributed by atoms with Crippen LogP contribution in [0.2, 0.25) is 0 Å². The molecule has 0 saturated carbocycles. The average Bonchev–Trinajstić information content (AvgIpc) is 2.30. The molecule has 1 fully saturated rings. The smallest absolute Gasteiger partial charge is 0.246 e. The summed E-state index contributed by atoms with van der Waals surface area (Å²) in [5.41, 5.74) is 0. The lowest BCUT2D eigenvalue weighted by molar-refractivity contribution is 0.117. The highest BCUT2D eigenvalue weighted by molar-refractivity contribution is 9.10. The van der Waals surface area contributed by atoms with E-state index < -0.39 is 10.0 Å². The maximum Gasteiger partial charge on any atom is 0.246 e. The fourth-order valence-electron chi connectivity index (χ4n) is 1.93. The molecule has 0 unspecified atom stereocenters. The Morgan fingerprint density at radius 3 is 2.74 bits per heavy atom. The number of nitrogens with zero attached hydrogens (tertiary/aromatic N) is 1. The zero-order valence-electron chi connectivity index (χ0n) is 10.5. The predicted octanol–water partition coefficient (Wildman–Crippen LogP) is 1.46. The lowest BCUT2D eigenvalue weighted by atomic mass is 10.1. The van der Waals surface area contributed by atoms with Crippen LogP contribution in [0.15, 0.2) is 27.6 Å². The summed E-state index contributed by atoms with van der Waals surface area (Å²) >= 11 is 3.28. The highest BCUT2D eigenvalue weighted by atomic mass is 79.9. The molecule has 1 aliphatic heterocycles. The lowest BCUT2D eigenvalue weighted by Gasteiger charge is -2.37. The van der Waals surface area contributed by atoms with Gasteiger partial charge in [-0.3, -0.25) is 0 Å². The molecular formula is C12H16BrNO4S. The van der Waals surface area contributed by atoms with Crippen LogP contribution in [0.1, 0.15) is 6.92 Å². The molecule has 0 atom stereocenters. The first-order chi connectivity index (χ1) is 8.98. The molecule has 1 aromatic rings. The van der Waals surface area contributed by atoms with E-state index in [4.69, 9.17) is 9.84 Å². The summed E-state index contributed by atoms with van der Waals surface area (Å²) in [6.45, 7) is 2.95. The third kappa shape index (κ3) is 2.94. The minimum Gasteiger partial charge on any atom is -0.492 e. The number of benzene rings is 1. The molecule has 0 amide bonds. The van der Waals surface area contributed by atoms with Crippen molar-refractivity contribution in [1.29, 1.82) is 0 Å². The SMILES string of the molecule is CCOc1ccc(Br)cc1S(=O)(=O)N1CC(CO)C1. The molecule has 2 rings (SSSR count). The van der Waals surface area contributed by atoms with Crippen molar-refractivity contribution in [3.8, 4) is 5.75 Å². The zero-order valence-corrected chi connectivity index (χ0v) is 12.9. The summed E-state index contributed by atoms with van der Waals surface area (Å²) in [5.74, 6) is 0.399. The van der Waals surface area contributed by atoms with E-state index in [1.165, 1.54) is 4.31 Å². The van der Waals surface area contributed by atoms with E-state index in [0.29, 0.717) is 29.9 Å². The van der Waals surface area contributed by atoms with Gasteiger partial charge in [0, 0.05) is 30.1 Å². The van der Waals surface area contributed by atoms with Gasteiger partial charge in [-0.25, -0.2) is 8.42 Å². The molecule has 1 saturated heterocycles. The number of hydrogen-bond donors (Lipinski definition) is 1. The standard InChI is InChI=1S/C12H16BrNO4S/c1-2-18-11-4-3-10(13)5-12(11)19(16,17)14-6-9(7-14)8-15/h3-5,9,15H,2,6-8H2,1H3. The summed E-state index contributed by atoms with van der Waals surface area (Å²) in [6, 6.07) is 4.94. The molecule has 19 heavy (non-hydrogen) atoms. The Morgan fingerprint density at radius 2 is 2.16 bits per heavy atom. The Bertz CT molecular complexity index is 555. The summed E-state index contributed by atoms with van der Waals surface area (Å²) in [7, 11) is -3.55. The van der Waals surface area contributed by atoms with Crippen molar-refractivity contribution >= 4 is 26.0 Å². The Labute approximate surface area is 121 Å². The van der Waals surface area contributed by atoms with E-state index in [2.05, 4.69) is 15.9 Å². The minimum atomic E-state index is -3.55. The van der Waals surface area contributed by atoms with E-state index in [1.54, 1.807) is 18.2 Å². The van der Waals surface area contributed by atoms with Gasteiger partial charge >= 0.3 is 0 Å². The molecule has 1 heterocycles. The lowest BCUT2D eigenvalue weighted by Crippen LogP contribution is -2.51. The van der Waals surface area contributed by atoms with Gasteiger partial charge < -0.3 is 9.84 Å². The quantitative estimate of drug-likeness (QED) is 0.873. The molecule has 1 N–H and O–H groups in total. The summed E-state index contributed by atoms with van der Waals surface area (Å²) < 4.78 is 32.4. The fraction of sp³-hybridized carbons (Fsp3) is 0.500. The molecule has 106 valence electrons. The summed E-state index contributed by atoms with van der Waals surface area (Å²) in [4.78, 5) is 0.167. The van der Waals surface area contributed by atoms with Gasteiger partial charge in [-0.05, 0) is 25.1 Å². The minimum absolute atomic E-state index is 0.0167. The summed E-state index contributed by atoms with van der Waals surface area (Å²) in [6.07, 6.45) is 0. The van der Waals surface area contributed by atoms with Gasteiger partial charge in [-0.15, -0.1) is 0 Å². The molecule has 0 aliphatic carbocycles. The maximum atomic E-state index is 12.5. The van der Waals surface area contributed by atoms with Crippen LogP contribution in [0.3, 0.4) is 0 Å². The number of aliphatic hydroxyl groups is 1. The molecule has 5 nitrogen and oxygen atoms in total. The largest absolute Gasteiger partial charge is 0.492 e. The van der Waals surface area contributed by atoms with Gasteiger partial charge in [0.05, 0.1) is 6.61 Å². The normalized spacial score (nSPS) is 17.2. The molecule has 0 aromatic heterocycles. The second kappa shape index (κ2) is 5.78. The zero-order chi connectivity index (χ0) is 14.0. The number of hydrogen-bond acceptors (Lipinski definition) is 4. The maximum absolute atomic E-state index is 12.5. The Balaban J connectivity index is 2.32. The van der Waals surface area contributed by atoms with E-state index in [9.17, 15) is 8.42 Å². The van der Waals surface area contributed by atoms with Gasteiger partial charge in [0.25, 0.3) is 0 Å². The Hall–Kier alpha value is -0.630. The molecule has 7 heteroatoms. The van der Waals surface area contributed by atoms with Gasteiger partial charge in [0.1, 0.15) is 10.6 Å². The van der Waals surface area contributed by atoms with Crippen molar-refractivity contribution < 1.29 is 18.3 Å². The Morgan fingerprint density at radius 1 is 1.47 bits per heavy atom. The van der Waals surface area contributed by atoms with Crippen molar-refractivity contribution in [3.63, 3.8) is 0 Å². The fourth-order valence-corrected chi connectivity index (χ4v) is 4.19. The van der Waals surface area contributed by atoms with Gasteiger partial charge in [-0.2, -0.15) is 4.31 Å². The number of ether oxygens (including phenoxy) is 1. The molecule has 1 aliphatic rings. The number of halogens is 1. The van der Waals surface area contributed by atoms with E-state index in [-0.39, 0.29) is 17.4 Å². The number of rotatable bonds is 5. The van der Waals surface area contributed by atoms with Crippen LogP contribution in [0.25, 0.3) is 0 Å². The van der Waals surface area contributed by atoms with Crippen molar-refractivity contribution in [2.75, 3.05) is 26.3 Å². The van der Waals surface area contributed by atoms with Crippen molar-refractivity contribution in [3.05, 3.63) is 22.7 Å². The third-order valence-electron chi connectivity index (χ3n) is 3.01. The van der Waals surface area contributed by atoms with Crippen LogP contribution in [0.4, 0.5) is 0 Å². The molecule has 0 spiro atoms. The van der Waals surface area contributed by atoms with Crippen molar-refractivity contribution in [2.24, 2.45) is 5.92 Å². The van der Waals surface area contributed by atoms with E-state index >= 15 is 0 Å². The van der Waals surface area contributed by atoms with Gasteiger partial charge in [0.2, 0.25) is 10.0 Å².